The van der Waals surface area contributed by atoms with E-state index in [0.29, 0.717) is 19.3 Å². The minimum absolute atomic E-state index is 0.475. The molecule has 1 N–H and O–H groups in total. The Hall–Kier alpha value is -1.52. The zero-order chi connectivity index (χ0) is 13.1. The van der Waals surface area contributed by atoms with Crippen molar-refractivity contribution in [1.29, 1.82) is 0 Å². The Bertz CT molecular complexity index is 511. The molecule has 0 unspecified atom stereocenters. The standard InChI is InChI=1S/C15H19NO3/c1-11-7-14(10-17-9-13-3-2-6-18-13)19-15(11)8-16-12-4-5-12/h2-3,6-7,12,16H,4-5,8-10H2,1H3. The molecule has 1 fully saturated rings. The lowest BCUT2D eigenvalue weighted by Gasteiger charge is -2.01. The lowest BCUT2D eigenvalue weighted by Crippen LogP contribution is -2.15. The van der Waals surface area contributed by atoms with Crippen molar-refractivity contribution in [3.63, 3.8) is 0 Å². The third-order valence-corrected chi connectivity index (χ3v) is 3.27. The van der Waals surface area contributed by atoms with Gasteiger partial charge in [-0.2, -0.15) is 0 Å². The molecule has 0 saturated heterocycles. The summed E-state index contributed by atoms with van der Waals surface area (Å²) in [4.78, 5) is 0. The summed E-state index contributed by atoms with van der Waals surface area (Å²) in [6, 6.07) is 6.50. The van der Waals surface area contributed by atoms with Crippen LogP contribution in [-0.2, 0) is 24.5 Å². The van der Waals surface area contributed by atoms with Crippen LogP contribution in [0.5, 0.6) is 0 Å². The Morgan fingerprint density at radius 3 is 2.89 bits per heavy atom. The van der Waals surface area contributed by atoms with Gasteiger partial charge in [0.25, 0.3) is 0 Å². The van der Waals surface area contributed by atoms with Gasteiger partial charge < -0.3 is 18.9 Å². The molecule has 2 aromatic rings. The molecule has 4 nitrogen and oxygen atoms in total. The van der Waals surface area contributed by atoms with Gasteiger partial charge in [-0.25, -0.2) is 0 Å². The second-order valence-electron chi connectivity index (χ2n) is 5.05. The number of rotatable bonds is 7. The number of hydrogen-bond acceptors (Lipinski definition) is 4. The van der Waals surface area contributed by atoms with Crippen LogP contribution < -0.4 is 5.32 Å². The molecular weight excluding hydrogens is 242 g/mol. The van der Waals surface area contributed by atoms with Gasteiger partial charge in [0.05, 0.1) is 12.8 Å². The molecule has 1 aliphatic rings. The number of nitrogens with one attached hydrogen (secondary N) is 1. The highest BCUT2D eigenvalue weighted by Gasteiger charge is 2.21. The summed E-state index contributed by atoms with van der Waals surface area (Å²) < 4.78 is 16.6. The fraction of sp³-hybridized carbons (Fsp3) is 0.467. The fourth-order valence-electron chi connectivity index (χ4n) is 2.01. The van der Waals surface area contributed by atoms with Crippen LogP contribution in [0.4, 0.5) is 0 Å². The van der Waals surface area contributed by atoms with Crippen molar-refractivity contribution in [2.45, 2.75) is 45.6 Å². The van der Waals surface area contributed by atoms with Gasteiger partial charge in [-0.3, -0.25) is 0 Å². The number of hydrogen-bond donors (Lipinski definition) is 1. The normalized spacial score (nSPS) is 15.0. The van der Waals surface area contributed by atoms with Crippen molar-refractivity contribution in [2.24, 2.45) is 0 Å². The van der Waals surface area contributed by atoms with E-state index >= 15 is 0 Å². The van der Waals surface area contributed by atoms with Crippen molar-refractivity contribution in [2.75, 3.05) is 0 Å². The molecule has 0 radical (unpaired) electrons. The first kappa shape index (κ1) is 12.5. The van der Waals surface area contributed by atoms with E-state index in [9.17, 15) is 0 Å². The van der Waals surface area contributed by atoms with E-state index in [1.165, 1.54) is 18.4 Å². The molecule has 0 amide bonds. The molecule has 102 valence electrons. The van der Waals surface area contributed by atoms with Crippen LogP contribution in [0.15, 0.2) is 33.3 Å². The van der Waals surface area contributed by atoms with Gasteiger partial charge in [-0.05, 0) is 43.5 Å². The summed E-state index contributed by atoms with van der Waals surface area (Å²) in [7, 11) is 0. The van der Waals surface area contributed by atoms with Crippen LogP contribution in [0, 0.1) is 6.92 Å². The van der Waals surface area contributed by atoms with Crippen molar-refractivity contribution >= 4 is 0 Å². The Balaban J connectivity index is 1.48. The van der Waals surface area contributed by atoms with E-state index in [1.54, 1.807) is 6.26 Å². The van der Waals surface area contributed by atoms with Crippen LogP contribution in [0.2, 0.25) is 0 Å². The fourth-order valence-corrected chi connectivity index (χ4v) is 2.01. The maximum atomic E-state index is 5.79. The summed E-state index contributed by atoms with van der Waals surface area (Å²) in [5.41, 5.74) is 1.18. The quantitative estimate of drug-likeness (QED) is 0.831. The third kappa shape index (κ3) is 3.49. The molecular formula is C15H19NO3. The zero-order valence-electron chi connectivity index (χ0n) is 11.1. The molecule has 3 rings (SSSR count). The first-order valence-electron chi connectivity index (χ1n) is 6.73. The van der Waals surface area contributed by atoms with Gasteiger partial charge >= 0.3 is 0 Å². The molecule has 0 aliphatic heterocycles. The lowest BCUT2D eigenvalue weighted by atomic mass is 10.2. The minimum atomic E-state index is 0.475. The monoisotopic (exact) mass is 261 g/mol. The molecule has 1 saturated carbocycles. The maximum Gasteiger partial charge on any atom is 0.130 e. The van der Waals surface area contributed by atoms with Crippen molar-refractivity contribution in [1.82, 2.24) is 5.32 Å². The highest BCUT2D eigenvalue weighted by molar-refractivity contribution is 5.19. The minimum Gasteiger partial charge on any atom is -0.467 e. The van der Waals surface area contributed by atoms with Crippen LogP contribution in [0.3, 0.4) is 0 Å². The van der Waals surface area contributed by atoms with E-state index in [0.717, 1.165) is 23.8 Å². The van der Waals surface area contributed by atoms with Gasteiger partial charge in [0.1, 0.15) is 30.5 Å². The van der Waals surface area contributed by atoms with E-state index in [4.69, 9.17) is 13.6 Å². The molecule has 0 aromatic carbocycles. The average molecular weight is 261 g/mol. The molecule has 0 spiro atoms. The topological polar surface area (TPSA) is 47.5 Å². The first-order chi connectivity index (χ1) is 9.31. The molecule has 19 heavy (non-hydrogen) atoms. The van der Waals surface area contributed by atoms with Crippen LogP contribution in [-0.4, -0.2) is 6.04 Å². The summed E-state index contributed by atoms with van der Waals surface area (Å²) >= 11 is 0. The highest BCUT2D eigenvalue weighted by Crippen LogP contribution is 2.21. The van der Waals surface area contributed by atoms with E-state index in [1.807, 2.05) is 18.2 Å². The van der Waals surface area contributed by atoms with Gasteiger partial charge in [-0.15, -0.1) is 0 Å². The third-order valence-electron chi connectivity index (χ3n) is 3.27. The van der Waals surface area contributed by atoms with Gasteiger partial charge in [0, 0.05) is 6.04 Å². The second kappa shape index (κ2) is 5.63. The molecule has 2 aromatic heterocycles. The smallest absolute Gasteiger partial charge is 0.130 e. The number of ether oxygens (including phenoxy) is 1. The zero-order valence-corrected chi connectivity index (χ0v) is 11.1. The second-order valence-corrected chi connectivity index (χ2v) is 5.05. The molecule has 0 bridgehead atoms. The summed E-state index contributed by atoms with van der Waals surface area (Å²) in [6.07, 6.45) is 4.23. The summed E-state index contributed by atoms with van der Waals surface area (Å²) in [5, 5.41) is 3.46. The highest BCUT2D eigenvalue weighted by atomic mass is 16.5. The predicted molar refractivity (Wildman–Crippen MR) is 70.5 cm³/mol. The van der Waals surface area contributed by atoms with E-state index < -0.39 is 0 Å². The summed E-state index contributed by atoms with van der Waals surface area (Å²) in [6.45, 7) is 3.84. The average Bonchev–Trinajstić information content (AvgIpc) is 2.95. The Morgan fingerprint density at radius 1 is 1.32 bits per heavy atom. The SMILES string of the molecule is Cc1cc(COCc2ccco2)oc1CNC1CC1. The first-order valence-corrected chi connectivity index (χ1v) is 6.73. The molecule has 1 aliphatic carbocycles. The van der Waals surface area contributed by atoms with Gasteiger partial charge in [0.2, 0.25) is 0 Å². The largest absolute Gasteiger partial charge is 0.467 e. The van der Waals surface area contributed by atoms with Crippen LogP contribution in [0.25, 0.3) is 0 Å². The Morgan fingerprint density at radius 2 is 2.16 bits per heavy atom. The van der Waals surface area contributed by atoms with Gasteiger partial charge in [-0.1, -0.05) is 0 Å². The van der Waals surface area contributed by atoms with Crippen LogP contribution in [0.1, 0.15) is 35.7 Å². The summed E-state index contributed by atoms with van der Waals surface area (Å²) in [5.74, 6) is 2.72. The van der Waals surface area contributed by atoms with Gasteiger partial charge in [0.15, 0.2) is 0 Å². The van der Waals surface area contributed by atoms with Crippen molar-refractivity contribution < 1.29 is 13.6 Å². The van der Waals surface area contributed by atoms with E-state index in [-0.39, 0.29) is 0 Å². The number of furan rings is 2. The molecule has 2 heterocycles. The maximum absolute atomic E-state index is 5.79. The number of aryl methyl sites for hydroxylation is 1. The predicted octanol–water partition coefficient (Wildman–Crippen LogP) is 3.15. The Kier molecular flexibility index (Phi) is 3.71. The molecule has 4 heteroatoms. The van der Waals surface area contributed by atoms with Crippen molar-refractivity contribution in [3.8, 4) is 0 Å². The van der Waals surface area contributed by atoms with Crippen LogP contribution >= 0.6 is 0 Å². The lowest BCUT2D eigenvalue weighted by molar-refractivity contribution is 0.0795. The van der Waals surface area contributed by atoms with Crippen molar-refractivity contribution in [3.05, 3.63) is 47.3 Å². The Labute approximate surface area is 112 Å². The van der Waals surface area contributed by atoms with E-state index in [2.05, 4.69) is 12.2 Å². The molecule has 0 atom stereocenters.